The van der Waals surface area contributed by atoms with E-state index in [4.69, 9.17) is 19.3 Å². The second-order valence-electron chi connectivity index (χ2n) is 7.86. The molecule has 33 heavy (non-hydrogen) atoms. The van der Waals surface area contributed by atoms with Crippen LogP contribution in [0.15, 0.2) is 36.5 Å². The number of aromatic hydroxyl groups is 1. The number of phenolic OH excluding ortho intramolecular Hbond substituents is 1. The summed E-state index contributed by atoms with van der Waals surface area (Å²) < 4.78 is 41.0. The molecule has 3 atom stereocenters. The average Bonchev–Trinajstić information content (AvgIpc) is 3.39. The van der Waals surface area contributed by atoms with Crippen molar-refractivity contribution in [2.24, 2.45) is 0 Å². The van der Waals surface area contributed by atoms with Crippen LogP contribution < -0.4 is 5.32 Å². The molecule has 3 heterocycles. The van der Waals surface area contributed by atoms with Gasteiger partial charge in [-0.1, -0.05) is 19.9 Å². The summed E-state index contributed by atoms with van der Waals surface area (Å²) in [6.07, 6.45) is 2.95. The molecule has 7 nitrogen and oxygen atoms in total. The topological polar surface area (TPSA) is 89.9 Å². The van der Waals surface area contributed by atoms with Crippen LogP contribution in [0.4, 0.5) is 14.5 Å². The third-order valence-electron chi connectivity index (χ3n) is 4.85. The lowest BCUT2D eigenvalue weighted by Gasteiger charge is -2.17. The van der Waals surface area contributed by atoms with Gasteiger partial charge in [0.1, 0.15) is 12.2 Å². The lowest BCUT2D eigenvalue weighted by Crippen LogP contribution is -2.27. The van der Waals surface area contributed by atoms with Gasteiger partial charge in [0.2, 0.25) is 0 Å². The predicted molar refractivity (Wildman–Crippen MR) is 120 cm³/mol. The van der Waals surface area contributed by atoms with Gasteiger partial charge in [-0.15, -0.1) is 0 Å². The van der Waals surface area contributed by atoms with Crippen molar-refractivity contribution in [1.29, 1.82) is 0 Å². The summed E-state index contributed by atoms with van der Waals surface area (Å²) in [6.45, 7) is 10.2. The van der Waals surface area contributed by atoms with Gasteiger partial charge >= 0.3 is 0 Å². The van der Waals surface area contributed by atoms with Gasteiger partial charge in [0.15, 0.2) is 23.2 Å². The zero-order valence-corrected chi connectivity index (χ0v) is 19.6. The number of anilines is 1. The Morgan fingerprint density at radius 1 is 1.18 bits per heavy atom. The second-order valence-corrected chi connectivity index (χ2v) is 7.86. The van der Waals surface area contributed by atoms with Gasteiger partial charge in [-0.05, 0) is 57.9 Å². The van der Waals surface area contributed by atoms with Crippen molar-refractivity contribution in [3.05, 3.63) is 53.9 Å². The molecule has 1 aromatic carbocycles. The van der Waals surface area contributed by atoms with Gasteiger partial charge < -0.3 is 24.6 Å². The molecule has 0 aliphatic carbocycles. The maximum atomic E-state index is 12.1. The first-order valence-corrected chi connectivity index (χ1v) is 11.0. The zero-order valence-electron chi connectivity index (χ0n) is 19.6. The van der Waals surface area contributed by atoms with Gasteiger partial charge in [-0.3, -0.25) is 9.78 Å². The molecule has 4 rings (SSSR count). The number of ether oxygens (including phenoxy) is 3. The van der Waals surface area contributed by atoms with E-state index < -0.39 is 23.2 Å². The van der Waals surface area contributed by atoms with Crippen LogP contribution in [0.1, 0.15) is 59.3 Å². The highest BCUT2D eigenvalue weighted by Crippen LogP contribution is 2.32. The minimum absolute atomic E-state index is 0.111. The summed E-state index contributed by atoms with van der Waals surface area (Å²) >= 11 is 0. The smallest absolute Gasteiger partial charge is 0.253 e. The zero-order chi connectivity index (χ0) is 24.6. The largest absolute Gasteiger partial charge is 0.505 e. The molecule has 0 spiro atoms. The van der Waals surface area contributed by atoms with Gasteiger partial charge in [0.25, 0.3) is 5.91 Å². The normalized spacial score (nSPS) is 23.1. The number of benzene rings is 1. The quantitative estimate of drug-likeness (QED) is 0.654. The molecule has 2 saturated heterocycles. The lowest BCUT2D eigenvalue weighted by atomic mass is 10.2. The van der Waals surface area contributed by atoms with Crippen molar-refractivity contribution >= 4 is 11.6 Å². The number of carbonyl (C=O) groups is 1. The molecule has 0 bridgehead atoms. The second kappa shape index (κ2) is 12.0. The molecule has 1 amide bonds. The number of pyridine rings is 1. The fourth-order valence-corrected chi connectivity index (χ4v) is 3.21. The third kappa shape index (κ3) is 7.73. The Morgan fingerprint density at radius 3 is 2.39 bits per heavy atom. The molecule has 2 N–H and O–H groups in total. The number of hydrogen-bond donors (Lipinski definition) is 2. The molecular weight excluding hydrogens is 434 g/mol. The van der Waals surface area contributed by atoms with Crippen molar-refractivity contribution in [1.82, 2.24) is 4.98 Å². The van der Waals surface area contributed by atoms with Gasteiger partial charge in [-0.2, -0.15) is 4.39 Å². The molecular formula is C24H32F2N2O5. The fraction of sp³-hybridized carbons (Fsp3) is 0.500. The van der Waals surface area contributed by atoms with Gasteiger partial charge in [-0.25, -0.2) is 4.39 Å². The summed E-state index contributed by atoms with van der Waals surface area (Å²) in [6, 6.07) is 6.93. The number of nitrogens with zero attached hydrogens (tertiary/aromatic N) is 1. The molecule has 0 saturated carbocycles. The minimum Gasteiger partial charge on any atom is -0.505 e. The Balaban J connectivity index is 0.000000293. The summed E-state index contributed by atoms with van der Waals surface area (Å²) in [4.78, 5) is 16.4. The summed E-state index contributed by atoms with van der Waals surface area (Å²) in [5.74, 6) is -3.57. The highest BCUT2D eigenvalue weighted by atomic mass is 19.2. The molecule has 2 fully saturated rings. The molecule has 0 radical (unpaired) electrons. The van der Waals surface area contributed by atoms with Crippen LogP contribution in [-0.2, 0) is 19.0 Å². The fourth-order valence-electron chi connectivity index (χ4n) is 3.21. The Kier molecular flexibility index (Phi) is 9.70. The summed E-state index contributed by atoms with van der Waals surface area (Å²) in [5, 5.41) is 11.3. The monoisotopic (exact) mass is 466 g/mol. The number of amides is 1. The van der Waals surface area contributed by atoms with E-state index in [0.29, 0.717) is 12.3 Å². The lowest BCUT2D eigenvalue weighted by molar-refractivity contribution is -0.139. The SMILES string of the molecule is CC.CC1CCC(C(=O)Nc2ccc(C3COC(C)(C)O3)nc2)O1.Oc1cccc(F)c1F. The van der Waals surface area contributed by atoms with E-state index in [1.807, 2.05) is 46.8 Å². The number of carbonyl (C=O) groups excluding carboxylic acids is 1. The summed E-state index contributed by atoms with van der Waals surface area (Å²) in [5.41, 5.74) is 1.46. The number of aromatic nitrogens is 1. The molecule has 2 aliphatic rings. The first-order chi connectivity index (χ1) is 15.6. The van der Waals surface area contributed by atoms with Crippen LogP contribution in [0.5, 0.6) is 5.75 Å². The van der Waals surface area contributed by atoms with Crippen molar-refractivity contribution in [2.45, 2.75) is 71.6 Å². The maximum absolute atomic E-state index is 12.1. The van der Waals surface area contributed by atoms with E-state index >= 15 is 0 Å². The predicted octanol–water partition coefficient (Wildman–Crippen LogP) is 5.11. The van der Waals surface area contributed by atoms with Crippen molar-refractivity contribution in [2.75, 3.05) is 11.9 Å². The Morgan fingerprint density at radius 2 is 1.91 bits per heavy atom. The number of rotatable bonds is 3. The van der Waals surface area contributed by atoms with Crippen LogP contribution in [0.2, 0.25) is 0 Å². The van der Waals surface area contributed by atoms with E-state index in [-0.39, 0.29) is 24.2 Å². The molecule has 182 valence electrons. The molecule has 2 aromatic rings. The minimum atomic E-state index is -1.20. The number of phenols is 1. The van der Waals surface area contributed by atoms with Crippen molar-refractivity contribution in [3.8, 4) is 5.75 Å². The molecule has 2 aliphatic heterocycles. The van der Waals surface area contributed by atoms with E-state index in [2.05, 4.69) is 10.3 Å². The van der Waals surface area contributed by atoms with Crippen LogP contribution in [0.3, 0.4) is 0 Å². The Hall–Kier alpha value is -2.62. The number of nitrogens with one attached hydrogen (secondary N) is 1. The van der Waals surface area contributed by atoms with Crippen LogP contribution in [0.25, 0.3) is 0 Å². The van der Waals surface area contributed by atoms with Crippen LogP contribution in [0, 0.1) is 11.6 Å². The maximum Gasteiger partial charge on any atom is 0.253 e. The standard InChI is InChI=1S/C16H22N2O4.C6H4F2O.C2H6/c1-10-4-7-13(21-10)15(19)18-11-5-6-12(17-8-11)14-9-20-16(2,3)22-14;7-4-2-1-3-5(9)6(4)8;1-2/h5-6,8,10,13-14H,4,7,9H2,1-3H3,(H,18,19);1-3,9H;1-2H3. The van der Waals surface area contributed by atoms with Crippen molar-refractivity contribution < 1.29 is 32.9 Å². The molecule has 1 aromatic heterocycles. The first-order valence-electron chi connectivity index (χ1n) is 11.0. The van der Waals surface area contributed by atoms with Gasteiger partial charge in [0, 0.05) is 0 Å². The number of hydrogen-bond acceptors (Lipinski definition) is 6. The molecule has 3 unspecified atom stereocenters. The van der Waals surface area contributed by atoms with Gasteiger partial charge in [0.05, 0.1) is 30.3 Å². The van der Waals surface area contributed by atoms with E-state index in [9.17, 15) is 13.6 Å². The van der Waals surface area contributed by atoms with Crippen LogP contribution >= 0.6 is 0 Å². The first kappa shape index (κ1) is 26.6. The molecule has 9 heteroatoms. The van der Waals surface area contributed by atoms with E-state index in [0.717, 1.165) is 30.7 Å². The van der Waals surface area contributed by atoms with Crippen LogP contribution in [-0.4, -0.2) is 40.6 Å². The van der Waals surface area contributed by atoms with Crippen molar-refractivity contribution in [3.63, 3.8) is 0 Å². The highest BCUT2D eigenvalue weighted by Gasteiger charge is 2.34. The summed E-state index contributed by atoms with van der Waals surface area (Å²) in [7, 11) is 0. The average molecular weight is 467 g/mol. The number of halogens is 2. The van der Waals surface area contributed by atoms with E-state index in [1.54, 1.807) is 6.20 Å². The third-order valence-corrected chi connectivity index (χ3v) is 4.85. The Bertz CT molecular complexity index is 888. The van der Waals surface area contributed by atoms with E-state index in [1.165, 1.54) is 6.07 Å². The Labute approximate surface area is 193 Å². The highest BCUT2D eigenvalue weighted by molar-refractivity contribution is 5.94.